The quantitative estimate of drug-likeness (QED) is 0.850. The van der Waals surface area contributed by atoms with Gasteiger partial charge in [0.25, 0.3) is 0 Å². The van der Waals surface area contributed by atoms with Crippen molar-refractivity contribution >= 4 is 0 Å². The van der Waals surface area contributed by atoms with Crippen LogP contribution in [-0.2, 0) is 11.8 Å². The van der Waals surface area contributed by atoms with Crippen LogP contribution >= 0.6 is 0 Å². The van der Waals surface area contributed by atoms with Crippen molar-refractivity contribution < 1.29 is 23.0 Å². The second-order valence-electron chi connectivity index (χ2n) is 6.91. The summed E-state index contributed by atoms with van der Waals surface area (Å²) in [6.45, 7) is 4.09. The first kappa shape index (κ1) is 16.8. The molecule has 0 saturated heterocycles. The second-order valence-corrected chi connectivity index (χ2v) is 6.91. The van der Waals surface area contributed by atoms with Gasteiger partial charge in [-0.2, -0.15) is 13.2 Å². The molecule has 1 aromatic carbocycles. The van der Waals surface area contributed by atoms with Gasteiger partial charge in [0.1, 0.15) is 11.4 Å². The lowest BCUT2D eigenvalue weighted by Crippen LogP contribution is -2.34. The number of aliphatic hydroxyl groups is 1. The first-order valence-corrected chi connectivity index (χ1v) is 7.60. The molecule has 0 bridgehead atoms. The number of hydrogen-bond donors (Lipinski definition) is 1. The maximum atomic E-state index is 13.1. The minimum Gasteiger partial charge on any atom is -0.493 e. The fraction of sp³-hybridized carbons (Fsp3) is 0.389. The number of benzene rings is 1. The minimum atomic E-state index is -4.50. The lowest BCUT2D eigenvalue weighted by atomic mass is 9.76. The molecule has 0 radical (unpaired) electrons. The van der Waals surface area contributed by atoms with Crippen LogP contribution in [0.4, 0.5) is 13.2 Å². The van der Waals surface area contributed by atoms with E-state index >= 15 is 0 Å². The van der Waals surface area contributed by atoms with Gasteiger partial charge in [0.15, 0.2) is 0 Å². The van der Waals surface area contributed by atoms with E-state index in [2.05, 4.69) is 4.98 Å². The van der Waals surface area contributed by atoms with Gasteiger partial charge in [-0.1, -0.05) is 19.9 Å². The Morgan fingerprint density at radius 2 is 1.92 bits per heavy atom. The summed E-state index contributed by atoms with van der Waals surface area (Å²) in [5.41, 5.74) is -2.51. The zero-order valence-electron chi connectivity index (χ0n) is 13.4. The van der Waals surface area contributed by atoms with Crippen molar-refractivity contribution in [3.05, 3.63) is 59.4 Å². The van der Waals surface area contributed by atoms with Crippen LogP contribution in [0.1, 0.15) is 37.1 Å². The predicted molar refractivity (Wildman–Crippen MR) is 82.6 cm³/mol. The third kappa shape index (κ3) is 2.98. The van der Waals surface area contributed by atoms with Gasteiger partial charge < -0.3 is 9.84 Å². The van der Waals surface area contributed by atoms with Gasteiger partial charge in [0.05, 0.1) is 17.9 Å². The fourth-order valence-corrected chi connectivity index (χ4v) is 3.10. The first-order chi connectivity index (χ1) is 11.1. The highest BCUT2D eigenvalue weighted by Gasteiger charge is 2.45. The highest BCUT2D eigenvalue weighted by molar-refractivity contribution is 5.47. The van der Waals surface area contributed by atoms with E-state index < -0.39 is 22.8 Å². The van der Waals surface area contributed by atoms with E-state index in [0.717, 1.165) is 12.1 Å². The third-order valence-corrected chi connectivity index (χ3v) is 4.19. The van der Waals surface area contributed by atoms with Crippen LogP contribution in [0.3, 0.4) is 0 Å². The molecule has 128 valence electrons. The normalized spacial score (nSPS) is 23.1. The van der Waals surface area contributed by atoms with Gasteiger partial charge in [-0.25, -0.2) is 0 Å². The topological polar surface area (TPSA) is 42.4 Å². The van der Waals surface area contributed by atoms with Gasteiger partial charge in [0.2, 0.25) is 0 Å². The van der Waals surface area contributed by atoms with Crippen molar-refractivity contribution in [3.8, 4) is 5.75 Å². The lowest BCUT2D eigenvalue weighted by Gasteiger charge is -2.33. The number of rotatable bonds is 1. The molecule has 0 spiro atoms. The standard InChI is InChI=1S/C18H18F3NO2/c1-16(2)10-17(23,15-5-3-4-8-22-15)13-9-12(18(19,20)21)6-7-14(13)24-11-16/h3-9,23H,10-11H2,1-2H3. The molecule has 24 heavy (non-hydrogen) atoms. The van der Waals surface area contributed by atoms with Crippen LogP contribution in [-0.4, -0.2) is 16.7 Å². The molecule has 0 saturated carbocycles. The number of fused-ring (bicyclic) bond motifs is 1. The third-order valence-electron chi connectivity index (χ3n) is 4.19. The molecule has 1 aliphatic rings. The number of alkyl halides is 3. The number of hydrogen-bond acceptors (Lipinski definition) is 3. The van der Waals surface area contributed by atoms with Crippen molar-refractivity contribution in [2.45, 2.75) is 32.0 Å². The van der Waals surface area contributed by atoms with Crippen molar-refractivity contribution in [2.24, 2.45) is 5.41 Å². The molecule has 0 amide bonds. The SMILES string of the molecule is CC1(C)COc2ccc(C(F)(F)F)cc2C(O)(c2ccccn2)C1. The molecular formula is C18H18F3NO2. The van der Waals surface area contributed by atoms with E-state index in [1.165, 1.54) is 12.3 Å². The molecule has 1 atom stereocenters. The zero-order valence-corrected chi connectivity index (χ0v) is 13.4. The molecule has 1 unspecified atom stereocenters. The monoisotopic (exact) mass is 337 g/mol. The maximum Gasteiger partial charge on any atom is 0.416 e. The van der Waals surface area contributed by atoms with Gasteiger partial charge in [0, 0.05) is 17.2 Å². The average molecular weight is 337 g/mol. The molecule has 1 N–H and O–H groups in total. The average Bonchev–Trinajstić information content (AvgIpc) is 2.62. The van der Waals surface area contributed by atoms with E-state index in [0.29, 0.717) is 12.3 Å². The summed E-state index contributed by atoms with van der Waals surface area (Å²) >= 11 is 0. The van der Waals surface area contributed by atoms with Gasteiger partial charge >= 0.3 is 6.18 Å². The molecule has 0 fully saturated rings. The molecule has 2 heterocycles. The van der Waals surface area contributed by atoms with Gasteiger partial charge in [-0.3, -0.25) is 4.98 Å². The summed E-state index contributed by atoms with van der Waals surface area (Å²) in [7, 11) is 0. The Hall–Kier alpha value is -2.08. The zero-order chi connectivity index (χ0) is 17.6. The highest BCUT2D eigenvalue weighted by atomic mass is 19.4. The minimum absolute atomic E-state index is 0.0987. The number of nitrogens with zero attached hydrogens (tertiary/aromatic N) is 1. The number of pyridine rings is 1. The summed E-state index contributed by atoms with van der Waals surface area (Å²) in [6.07, 6.45) is -2.79. The Bertz CT molecular complexity index is 744. The number of aromatic nitrogens is 1. The van der Waals surface area contributed by atoms with Crippen LogP contribution in [0.15, 0.2) is 42.6 Å². The van der Waals surface area contributed by atoms with Crippen molar-refractivity contribution in [3.63, 3.8) is 0 Å². The van der Waals surface area contributed by atoms with Crippen LogP contribution in [0.2, 0.25) is 0 Å². The van der Waals surface area contributed by atoms with E-state index in [9.17, 15) is 18.3 Å². The maximum absolute atomic E-state index is 13.1. The van der Waals surface area contributed by atoms with Crippen LogP contribution < -0.4 is 4.74 Å². The molecule has 6 heteroatoms. The molecule has 3 nitrogen and oxygen atoms in total. The molecule has 1 aliphatic heterocycles. The van der Waals surface area contributed by atoms with E-state index in [4.69, 9.17) is 4.74 Å². The summed E-state index contributed by atoms with van der Waals surface area (Å²) in [6, 6.07) is 8.21. The number of ether oxygens (including phenoxy) is 1. The molecule has 1 aromatic heterocycles. The van der Waals surface area contributed by atoms with Gasteiger partial charge in [-0.05, 0) is 36.8 Å². The Balaban J connectivity index is 2.24. The molecule has 2 aromatic rings. The first-order valence-electron chi connectivity index (χ1n) is 7.60. The van der Waals surface area contributed by atoms with E-state index in [-0.39, 0.29) is 17.7 Å². The van der Waals surface area contributed by atoms with Crippen molar-refractivity contribution in [1.29, 1.82) is 0 Å². The summed E-state index contributed by atoms with van der Waals surface area (Å²) in [5, 5.41) is 11.4. The Morgan fingerprint density at radius 1 is 1.17 bits per heavy atom. The lowest BCUT2D eigenvalue weighted by molar-refractivity contribution is -0.137. The summed E-state index contributed by atoms with van der Waals surface area (Å²) in [4.78, 5) is 4.19. The van der Waals surface area contributed by atoms with Gasteiger partial charge in [-0.15, -0.1) is 0 Å². The Kier molecular flexibility index (Phi) is 3.83. The molecule has 0 aliphatic carbocycles. The Labute approximate surface area is 138 Å². The molecule has 3 rings (SSSR count). The predicted octanol–water partition coefficient (Wildman–Crippen LogP) is 4.15. The van der Waals surface area contributed by atoms with Crippen molar-refractivity contribution in [1.82, 2.24) is 4.98 Å². The largest absolute Gasteiger partial charge is 0.493 e. The van der Waals surface area contributed by atoms with E-state index in [1.54, 1.807) is 18.2 Å². The fourth-order valence-electron chi connectivity index (χ4n) is 3.10. The van der Waals surface area contributed by atoms with E-state index in [1.807, 2.05) is 13.8 Å². The molecular weight excluding hydrogens is 319 g/mol. The highest BCUT2D eigenvalue weighted by Crippen LogP contribution is 2.47. The Morgan fingerprint density at radius 3 is 2.54 bits per heavy atom. The van der Waals surface area contributed by atoms with Crippen LogP contribution in [0.5, 0.6) is 5.75 Å². The number of halogens is 3. The summed E-state index contributed by atoms with van der Waals surface area (Å²) in [5.74, 6) is 0.252. The summed E-state index contributed by atoms with van der Waals surface area (Å²) < 4.78 is 45.1. The smallest absolute Gasteiger partial charge is 0.416 e. The van der Waals surface area contributed by atoms with Crippen molar-refractivity contribution in [2.75, 3.05) is 6.61 Å². The second kappa shape index (κ2) is 5.48. The van der Waals surface area contributed by atoms with Crippen LogP contribution in [0.25, 0.3) is 0 Å². The van der Waals surface area contributed by atoms with Crippen LogP contribution in [0, 0.1) is 5.41 Å².